The molecule has 0 amide bonds. The van der Waals surface area contributed by atoms with Gasteiger partial charge in [0.05, 0.1) is 42.6 Å². The van der Waals surface area contributed by atoms with E-state index < -0.39 is 10.0 Å². The Hall–Kier alpha value is -3.83. The van der Waals surface area contributed by atoms with Crippen molar-refractivity contribution in [3.8, 4) is 16.9 Å². The van der Waals surface area contributed by atoms with Crippen LogP contribution in [0.15, 0.2) is 77.8 Å². The number of aromatic nitrogens is 2. The molecule has 2 fully saturated rings. The van der Waals surface area contributed by atoms with Gasteiger partial charge in [-0.2, -0.15) is 9.40 Å². The summed E-state index contributed by atoms with van der Waals surface area (Å²) in [4.78, 5) is 16.6. The molecule has 3 heterocycles. The minimum Gasteiger partial charge on any atom is -0.379 e. The van der Waals surface area contributed by atoms with Gasteiger partial charge in [0.1, 0.15) is 5.69 Å². The van der Waals surface area contributed by atoms with Gasteiger partial charge in [-0.25, -0.2) is 13.1 Å². The average molecular weight is 601 g/mol. The van der Waals surface area contributed by atoms with Crippen LogP contribution in [0, 0.1) is 13.8 Å². The summed E-state index contributed by atoms with van der Waals surface area (Å²) in [6, 6.07) is 21.3. The second-order valence-electron chi connectivity index (χ2n) is 11.0. The van der Waals surface area contributed by atoms with E-state index in [2.05, 4.69) is 4.90 Å². The molecule has 9 nitrogen and oxygen atoms in total. The number of ketones is 1. The van der Waals surface area contributed by atoms with Crippen LogP contribution in [0.2, 0.25) is 0 Å². The van der Waals surface area contributed by atoms with Crippen molar-refractivity contribution in [3.63, 3.8) is 0 Å². The summed E-state index contributed by atoms with van der Waals surface area (Å²) < 4.78 is 41.7. The lowest BCUT2D eigenvalue weighted by Gasteiger charge is -2.32. The van der Waals surface area contributed by atoms with Crippen LogP contribution in [0.3, 0.4) is 0 Å². The van der Waals surface area contributed by atoms with Crippen LogP contribution >= 0.6 is 0 Å². The molecule has 4 aromatic rings. The first-order chi connectivity index (χ1) is 20.8. The highest BCUT2D eigenvalue weighted by molar-refractivity contribution is 7.89. The molecule has 0 spiro atoms. The van der Waals surface area contributed by atoms with Gasteiger partial charge < -0.3 is 14.4 Å². The third kappa shape index (κ3) is 6.14. The topological polar surface area (TPSA) is 94.0 Å². The molecule has 0 atom stereocenters. The van der Waals surface area contributed by atoms with Crippen LogP contribution in [0.25, 0.3) is 16.9 Å². The summed E-state index contributed by atoms with van der Waals surface area (Å²) in [6.45, 7) is 7.65. The Balaban J connectivity index is 1.43. The third-order valence-corrected chi connectivity index (χ3v) is 10.1. The number of carbonyl (C=O) groups excluding carboxylic acids is 1. The highest BCUT2D eigenvalue weighted by atomic mass is 32.2. The first-order valence-electron chi connectivity index (χ1n) is 14.6. The number of nitrogens with zero attached hydrogens (tertiary/aromatic N) is 4. The Morgan fingerprint density at radius 1 is 0.860 bits per heavy atom. The minimum absolute atomic E-state index is 0.0257. The minimum atomic E-state index is -3.77. The van der Waals surface area contributed by atoms with Crippen molar-refractivity contribution in [2.45, 2.75) is 25.2 Å². The maximum absolute atomic E-state index is 14.2. The largest absolute Gasteiger partial charge is 0.379 e. The number of ether oxygens (including phenoxy) is 2. The number of anilines is 1. The van der Waals surface area contributed by atoms with Crippen LogP contribution in [0.4, 0.5) is 5.69 Å². The van der Waals surface area contributed by atoms with Crippen LogP contribution < -0.4 is 4.90 Å². The number of para-hydroxylation sites is 1. The van der Waals surface area contributed by atoms with Crippen LogP contribution in [-0.2, 0) is 25.9 Å². The van der Waals surface area contributed by atoms with Gasteiger partial charge in [-0.3, -0.25) is 4.79 Å². The van der Waals surface area contributed by atoms with Gasteiger partial charge >= 0.3 is 0 Å². The molecule has 0 unspecified atom stereocenters. The molecule has 6 rings (SSSR count). The molecule has 2 saturated heterocycles. The van der Waals surface area contributed by atoms with E-state index >= 15 is 0 Å². The average Bonchev–Trinajstić information content (AvgIpc) is 3.49. The van der Waals surface area contributed by atoms with Crippen molar-refractivity contribution in [1.29, 1.82) is 0 Å². The van der Waals surface area contributed by atoms with Crippen molar-refractivity contribution >= 4 is 21.5 Å². The maximum atomic E-state index is 14.2. The van der Waals surface area contributed by atoms with Crippen LogP contribution in [0.1, 0.15) is 27.0 Å². The number of benzene rings is 3. The zero-order valence-electron chi connectivity index (χ0n) is 24.5. The molecule has 0 bridgehead atoms. The second kappa shape index (κ2) is 12.4. The van der Waals surface area contributed by atoms with Gasteiger partial charge in [-0.1, -0.05) is 48.0 Å². The predicted octanol–water partition coefficient (Wildman–Crippen LogP) is 4.44. The van der Waals surface area contributed by atoms with Gasteiger partial charge in [-0.05, 0) is 49.2 Å². The first kappa shape index (κ1) is 29.3. The molecular formula is C33H36N4O5S. The summed E-state index contributed by atoms with van der Waals surface area (Å²) in [5.74, 6) is -0.133. The fraction of sp³-hybridized carbons (Fsp3) is 0.333. The molecule has 2 aliphatic heterocycles. The number of rotatable bonds is 8. The summed E-state index contributed by atoms with van der Waals surface area (Å²) in [5, 5.41) is 4.84. The van der Waals surface area contributed by atoms with E-state index in [1.807, 2.05) is 74.5 Å². The zero-order valence-corrected chi connectivity index (χ0v) is 25.3. The molecule has 10 heteroatoms. The van der Waals surface area contributed by atoms with Gasteiger partial charge in [-0.15, -0.1) is 0 Å². The molecular weight excluding hydrogens is 564 g/mol. The molecule has 1 aromatic heterocycles. The Bertz CT molecular complexity index is 1710. The predicted molar refractivity (Wildman–Crippen MR) is 166 cm³/mol. The molecule has 2 aliphatic rings. The molecule has 0 aliphatic carbocycles. The van der Waals surface area contributed by atoms with E-state index in [4.69, 9.17) is 14.6 Å². The fourth-order valence-electron chi connectivity index (χ4n) is 5.64. The number of hydrogen-bond donors (Lipinski definition) is 0. The molecule has 0 radical (unpaired) electrons. The molecule has 0 saturated carbocycles. The number of aryl methyl sites for hydroxylation is 2. The summed E-state index contributed by atoms with van der Waals surface area (Å²) in [6.07, 6.45) is 1.80. The monoisotopic (exact) mass is 600 g/mol. The highest BCUT2D eigenvalue weighted by Crippen LogP contribution is 2.33. The smallest absolute Gasteiger partial charge is 0.243 e. The molecule has 43 heavy (non-hydrogen) atoms. The van der Waals surface area contributed by atoms with E-state index in [0.717, 1.165) is 22.5 Å². The number of sulfonamides is 1. The van der Waals surface area contributed by atoms with Gasteiger partial charge in [0.25, 0.3) is 0 Å². The van der Waals surface area contributed by atoms with Crippen molar-refractivity contribution in [1.82, 2.24) is 14.1 Å². The highest BCUT2D eigenvalue weighted by Gasteiger charge is 2.30. The number of hydrogen-bond acceptors (Lipinski definition) is 7. The number of Topliss-reactive ketones (excluding diaryl/α,β-unsaturated/α-hetero) is 1. The van der Waals surface area contributed by atoms with Gasteiger partial charge in [0.2, 0.25) is 10.0 Å². The zero-order chi connectivity index (χ0) is 30.0. The Kier molecular flexibility index (Phi) is 8.45. The van der Waals surface area contributed by atoms with Crippen LogP contribution in [0.5, 0.6) is 0 Å². The van der Waals surface area contributed by atoms with Crippen molar-refractivity contribution in [2.75, 3.05) is 57.5 Å². The summed E-state index contributed by atoms with van der Waals surface area (Å²) in [7, 11) is -3.77. The quantitative estimate of drug-likeness (QED) is 0.276. The van der Waals surface area contributed by atoms with Crippen molar-refractivity contribution < 1.29 is 22.7 Å². The van der Waals surface area contributed by atoms with Gasteiger partial charge in [0.15, 0.2) is 5.78 Å². The summed E-state index contributed by atoms with van der Waals surface area (Å²) in [5.41, 5.74) is 6.07. The van der Waals surface area contributed by atoms with E-state index in [0.29, 0.717) is 75.0 Å². The maximum Gasteiger partial charge on any atom is 0.243 e. The number of carbonyl (C=O) groups is 1. The van der Waals surface area contributed by atoms with E-state index in [1.54, 1.807) is 16.9 Å². The standard InChI is InChI=1S/C33H36N4O5S/c1-24-8-10-26(11-9-24)33-29(23-37(34-33)28-6-4-3-5-7-28)31(38)21-27-22-32(43(39,40)36-14-18-42-19-15-36)25(2)20-30(27)35-12-16-41-17-13-35/h3-11,20,22-23H,12-19,21H2,1-2H3. The third-order valence-electron chi connectivity index (χ3n) is 8.03. The molecule has 3 aromatic carbocycles. The number of morpholine rings is 2. The fourth-order valence-corrected chi connectivity index (χ4v) is 7.31. The SMILES string of the molecule is Cc1ccc(-c2nn(-c3ccccc3)cc2C(=O)Cc2cc(S(=O)(=O)N3CCOCC3)c(C)cc2N2CCOCC2)cc1. The Morgan fingerprint density at radius 2 is 1.51 bits per heavy atom. The van der Waals surface area contributed by atoms with E-state index in [9.17, 15) is 13.2 Å². The lowest BCUT2D eigenvalue weighted by molar-refractivity contribution is 0.0730. The first-order valence-corrected chi connectivity index (χ1v) is 16.0. The Labute approximate surface area is 252 Å². The lowest BCUT2D eigenvalue weighted by atomic mass is 9.97. The van der Waals surface area contributed by atoms with Crippen molar-refractivity contribution in [2.24, 2.45) is 0 Å². The van der Waals surface area contributed by atoms with E-state index in [-0.39, 0.29) is 17.1 Å². The Morgan fingerprint density at radius 3 is 2.19 bits per heavy atom. The lowest BCUT2D eigenvalue weighted by Crippen LogP contribution is -2.41. The van der Waals surface area contributed by atoms with Crippen molar-refractivity contribution in [3.05, 3.63) is 95.2 Å². The summed E-state index contributed by atoms with van der Waals surface area (Å²) >= 11 is 0. The molecule has 224 valence electrons. The second-order valence-corrected chi connectivity index (χ2v) is 12.9. The van der Waals surface area contributed by atoms with E-state index in [1.165, 1.54) is 4.31 Å². The van der Waals surface area contributed by atoms with Gasteiger partial charge in [0, 0.05) is 50.0 Å². The molecule has 0 N–H and O–H groups in total. The van der Waals surface area contributed by atoms with Crippen LogP contribution in [-0.4, -0.2) is 80.9 Å². The normalized spacial score (nSPS) is 16.4.